The van der Waals surface area contributed by atoms with Crippen LogP contribution in [-0.2, 0) is 14.4 Å². The number of nitrogens with zero attached hydrogens (tertiary/aromatic N) is 3. The van der Waals surface area contributed by atoms with Crippen molar-refractivity contribution in [2.24, 2.45) is 0 Å². The quantitative estimate of drug-likeness (QED) is 0.578. The number of nitrogens with one attached hydrogen (secondary N) is 2. The van der Waals surface area contributed by atoms with Gasteiger partial charge in [0.25, 0.3) is 0 Å². The molecule has 2 heterocycles. The second-order valence-corrected chi connectivity index (χ2v) is 7.92. The Kier molecular flexibility index (Phi) is 8.29. The van der Waals surface area contributed by atoms with Gasteiger partial charge in [0.05, 0.1) is 32.9 Å². The Labute approximate surface area is 188 Å². The van der Waals surface area contributed by atoms with Crippen LogP contribution in [0.2, 0.25) is 0 Å². The summed E-state index contributed by atoms with van der Waals surface area (Å²) < 4.78 is 10.5. The van der Waals surface area contributed by atoms with E-state index in [0.29, 0.717) is 30.3 Å². The summed E-state index contributed by atoms with van der Waals surface area (Å²) in [4.78, 5) is 44.3. The van der Waals surface area contributed by atoms with Gasteiger partial charge in [0.1, 0.15) is 17.5 Å². The van der Waals surface area contributed by atoms with Crippen LogP contribution >= 0.6 is 0 Å². The zero-order chi connectivity index (χ0) is 23.1. The molecule has 2 N–H and O–H groups in total. The van der Waals surface area contributed by atoms with Crippen molar-refractivity contribution in [1.29, 1.82) is 0 Å². The Balaban J connectivity index is 1.63. The number of hydrogen-bond donors (Lipinski definition) is 2. The second-order valence-electron chi connectivity index (χ2n) is 7.92. The minimum Gasteiger partial charge on any atom is -0.497 e. The third kappa shape index (κ3) is 5.89. The van der Waals surface area contributed by atoms with Crippen molar-refractivity contribution < 1.29 is 23.9 Å². The van der Waals surface area contributed by atoms with Gasteiger partial charge < -0.3 is 29.9 Å². The van der Waals surface area contributed by atoms with Gasteiger partial charge in [-0.3, -0.25) is 19.3 Å². The average molecular weight is 448 g/mol. The van der Waals surface area contributed by atoms with Crippen LogP contribution in [0.25, 0.3) is 0 Å². The zero-order valence-corrected chi connectivity index (χ0v) is 19.1. The molecule has 1 unspecified atom stereocenters. The van der Waals surface area contributed by atoms with Crippen molar-refractivity contribution in [1.82, 2.24) is 20.0 Å². The van der Waals surface area contributed by atoms with Gasteiger partial charge in [-0.2, -0.15) is 0 Å². The fourth-order valence-corrected chi connectivity index (χ4v) is 4.05. The molecule has 10 heteroatoms. The minimum absolute atomic E-state index is 0.124. The van der Waals surface area contributed by atoms with Crippen molar-refractivity contribution in [3.63, 3.8) is 0 Å². The minimum atomic E-state index is -0.843. The summed E-state index contributed by atoms with van der Waals surface area (Å²) in [6.07, 6.45) is -0.137. The number of carbonyl (C=O) groups excluding carboxylic acids is 3. The normalized spacial score (nSPS) is 19.9. The Morgan fingerprint density at radius 2 is 1.81 bits per heavy atom. The number of benzene rings is 1. The van der Waals surface area contributed by atoms with E-state index in [1.807, 2.05) is 0 Å². The highest BCUT2D eigenvalue weighted by molar-refractivity contribution is 5.98. The number of anilines is 1. The molecule has 1 aromatic rings. The fraction of sp³-hybridized carbons (Fsp3) is 0.591. The number of amides is 3. The first-order chi connectivity index (χ1) is 15.4. The van der Waals surface area contributed by atoms with E-state index in [-0.39, 0.29) is 30.7 Å². The van der Waals surface area contributed by atoms with Gasteiger partial charge >= 0.3 is 0 Å². The van der Waals surface area contributed by atoms with Crippen molar-refractivity contribution >= 4 is 23.4 Å². The van der Waals surface area contributed by atoms with Crippen LogP contribution in [0.3, 0.4) is 0 Å². The SMILES string of the molecule is CCN1CCN(CC(=O)N2CCNC(=O)C2CC(=O)Nc2cc(OC)ccc2OC)CC1. The summed E-state index contributed by atoms with van der Waals surface area (Å²) >= 11 is 0. The molecule has 1 aromatic carbocycles. The average Bonchev–Trinajstić information content (AvgIpc) is 2.80. The fourth-order valence-electron chi connectivity index (χ4n) is 4.05. The molecule has 32 heavy (non-hydrogen) atoms. The van der Waals surface area contributed by atoms with E-state index in [4.69, 9.17) is 9.47 Å². The predicted molar refractivity (Wildman–Crippen MR) is 120 cm³/mol. The van der Waals surface area contributed by atoms with Crippen LogP contribution in [0.5, 0.6) is 11.5 Å². The number of carbonyl (C=O) groups is 3. The van der Waals surface area contributed by atoms with Crippen molar-refractivity contribution in [3.05, 3.63) is 18.2 Å². The van der Waals surface area contributed by atoms with Gasteiger partial charge in [-0.05, 0) is 18.7 Å². The summed E-state index contributed by atoms with van der Waals surface area (Å²) in [5.74, 6) is 0.227. The smallest absolute Gasteiger partial charge is 0.243 e. The Bertz CT molecular complexity index is 825. The molecule has 2 saturated heterocycles. The maximum absolute atomic E-state index is 13.0. The monoisotopic (exact) mass is 447 g/mol. The van der Waals surface area contributed by atoms with Crippen LogP contribution in [0.4, 0.5) is 5.69 Å². The molecule has 2 fully saturated rings. The Hall–Kier alpha value is -2.85. The summed E-state index contributed by atoms with van der Waals surface area (Å²) in [5.41, 5.74) is 0.444. The van der Waals surface area contributed by atoms with Gasteiger partial charge in [0, 0.05) is 45.3 Å². The first-order valence-electron chi connectivity index (χ1n) is 11.0. The summed E-state index contributed by atoms with van der Waals surface area (Å²) in [6.45, 7) is 7.66. The lowest BCUT2D eigenvalue weighted by Crippen LogP contribution is -2.60. The maximum atomic E-state index is 13.0. The van der Waals surface area contributed by atoms with E-state index in [9.17, 15) is 14.4 Å². The predicted octanol–water partition coefficient (Wildman–Crippen LogP) is -0.00310. The van der Waals surface area contributed by atoms with Gasteiger partial charge in [0.2, 0.25) is 17.7 Å². The summed E-state index contributed by atoms with van der Waals surface area (Å²) in [6, 6.07) is 4.22. The Morgan fingerprint density at radius 3 is 2.47 bits per heavy atom. The van der Waals surface area contributed by atoms with Crippen LogP contribution in [0, 0.1) is 0 Å². The third-order valence-electron chi connectivity index (χ3n) is 5.98. The maximum Gasteiger partial charge on any atom is 0.243 e. The highest BCUT2D eigenvalue weighted by Crippen LogP contribution is 2.29. The molecule has 2 aliphatic rings. The number of methoxy groups -OCH3 is 2. The number of likely N-dealkylation sites (N-methyl/N-ethyl adjacent to an activating group) is 1. The largest absolute Gasteiger partial charge is 0.497 e. The van der Waals surface area contributed by atoms with E-state index < -0.39 is 6.04 Å². The molecule has 0 aromatic heterocycles. The molecule has 2 aliphatic heterocycles. The standard InChI is InChI=1S/C22H33N5O5/c1-4-25-9-11-26(12-10-25)15-21(29)27-8-7-23-22(30)18(27)14-20(28)24-17-13-16(31-2)5-6-19(17)32-3/h5-6,13,18H,4,7-12,14-15H2,1-3H3,(H,23,30)(H,24,28). The molecule has 0 spiro atoms. The first-order valence-corrected chi connectivity index (χ1v) is 11.0. The molecule has 3 amide bonds. The van der Waals surface area contributed by atoms with E-state index in [1.54, 1.807) is 18.2 Å². The molecule has 10 nitrogen and oxygen atoms in total. The highest BCUT2D eigenvalue weighted by atomic mass is 16.5. The molecule has 0 saturated carbocycles. The van der Waals surface area contributed by atoms with Crippen LogP contribution in [-0.4, -0.2) is 105 Å². The molecule has 176 valence electrons. The molecule has 0 radical (unpaired) electrons. The lowest BCUT2D eigenvalue weighted by atomic mass is 10.1. The number of ether oxygens (including phenoxy) is 2. The summed E-state index contributed by atoms with van der Waals surface area (Å²) in [7, 11) is 3.04. The lowest BCUT2D eigenvalue weighted by molar-refractivity contribution is -0.145. The Morgan fingerprint density at radius 1 is 1.09 bits per heavy atom. The number of piperazine rings is 2. The van der Waals surface area contributed by atoms with Crippen LogP contribution in [0.1, 0.15) is 13.3 Å². The van der Waals surface area contributed by atoms with E-state index >= 15 is 0 Å². The highest BCUT2D eigenvalue weighted by Gasteiger charge is 2.35. The lowest BCUT2D eigenvalue weighted by Gasteiger charge is -2.38. The molecule has 0 aliphatic carbocycles. The second kappa shape index (κ2) is 11.1. The van der Waals surface area contributed by atoms with Crippen LogP contribution < -0.4 is 20.1 Å². The molecular weight excluding hydrogens is 414 g/mol. The zero-order valence-electron chi connectivity index (χ0n) is 19.1. The van der Waals surface area contributed by atoms with Gasteiger partial charge in [0.15, 0.2) is 0 Å². The third-order valence-corrected chi connectivity index (χ3v) is 5.98. The van der Waals surface area contributed by atoms with Gasteiger partial charge in [-0.25, -0.2) is 0 Å². The van der Waals surface area contributed by atoms with Crippen molar-refractivity contribution in [3.8, 4) is 11.5 Å². The summed E-state index contributed by atoms with van der Waals surface area (Å²) in [5, 5.41) is 5.54. The molecule has 0 bridgehead atoms. The van der Waals surface area contributed by atoms with Crippen LogP contribution in [0.15, 0.2) is 18.2 Å². The molecular formula is C22H33N5O5. The van der Waals surface area contributed by atoms with E-state index in [0.717, 1.165) is 32.7 Å². The van der Waals surface area contributed by atoms with Gasteiger partial charge in [-0.15, -0.1) is 0 Å². The van der Waals surface area contributed by atoms with Crippen molar-refractivity contribution in [2.75, 3.05) is 71.9 Å². The van der Waals surface area contributed by atoms with E-state index in [2.05, 4.69) is 27.4 Å². The first kappa shape index (κ1) is 23.8. The van der Waals surface area contributed by atoms with E-state index in [1.165, 1.54) is 19.1 Å². The number of hydrogen-bond acceptors (Lipinski definition) is 7. The number of rotatable bonds is 8. The van der Waals surface area contributed by atoms with Crippen molar-refractivity contribution in [2.45, 2.75) is 19.4 Å². The molecule has 3 rings (SSSR count). The van der Waals surface area contributed by atoms with Gasteiger partial charge in [-0.1, -0.05) is 6.92 Å². The topological polar surface area (TPSA) is 103 Å². The molecule has 1 atom stereocenters.